The zero-order valence-electron chi connectivity index (χ0n) is 10.9. The fourth-order valence-electron chi connectivity index (χ4n) is 2.79. The van der Waals surface area contributed by atoms with E-state index in [-0.39, 0.29) is 23.7 Å². The molecule has 0 radical (unpaired) electrons. The molecule has 1 amide bonds. The number of sulfone groups is 1. The molecule has 6 heteroatoms. The second-order valence-corrected chi connectivity index (χ2v) is 7.60. The molecule has 18 heavy (non-hydrogen) atoms. The molecule has 2 rings (SSSR count). The van der Waals surface area contributed by atoms with Crippen LogP contribution in [0.4, 0.5) is 0 Å². The molecule has 2 heterocycles. The van der Waals surface area contributed by atoms with Crippen molar-refractivity contribution in [3.05, 3.63) is 0 Å². The molecule has 104 valence electrons. The van der Waals surface area contributed by atoms with Crippen LogP contribution in [-0.2, 0) is 14.6 Å². The topological polar surface area (TPSA) is 66.5 Å². The zero-order chi connectivity index (χ0) is 13.2. The molecule has 2 saturated heterocycles. The monoisotopic (exact) mass is 274 g/mol. The number of likely N-dealkylation sites (tertiary alicyclic amines) is 1. The minimum Gasteiger partial charge on any atom is -0.341 e. The van der Waals surface area contributed by atoms with Gasteiger partial charge in [0.15, 0.2) is 9.84 Å². The molecule has 0 aliphatic carbocycles. The standard InChI is InChI=1S/C12H22N2O3S/c1-10(12(15)14-6-2-3-7-14)13-11-5-4-8-18(16,17)9-11/h10-11,13H,2-9H2,1H3. The number of rotatable bonds is 3. The number of nitrogens with zero attached hydrogens (tertiary/aromatic N) is 1. The molecular weight excluding hydrogens is 252 g/mol. The summed E-state index contributed by atoms with van der Waals surface area (Å²) in [5.41, 5.74) is 0. The Balaban J connectivity index is 1.86. The molecule has 2 aliphatic heterocycles. The van der Waals surface area contributed by atoms with Crippen LogP contribution >= 0.6 is 0 Å². The highest BCUT2D eigenvalue weighted by Crippen LogP contribution is 2.14. The minimum atomic E-state index is -2.91. The maximum absolute atomic E-state index is 12.1. The van der Waals surface area contributed by atoms with Crippen molar-refractivity contribution in [3.63, 3.8) is 0 Å². The molecule has 5 nitrogen and oxygen atoms in total. The molecule has 2 fully saturated rings. The largest absolute Gasteiger partial charge is 0.341 e. The third-order valence-corrected chi connectivity index (χ3v) is 5.56. The summed E-state index contributed by atoms with van der Waals surface area (Å²) in [7, 11) is -2.91. The Hall–Kier alpha value is -0.620. The van der Waals surface area contributed by atoms with Crippen molar-refractivity contribution in [2.75, 3.05) is 24.6 Å². The number of nitrogens with one attached hydrogen (secondary N) is 1. The highest BCUT2D eigenvalue weighted by molar-refractivity contribution is 7.91. The summed E-state index contributed by atoms with van der Waals surface area (Å²) in [6, 6.07) is -0.341. The van der Waals surface area contributed by atoms with E-state index in [2.05, 4.69) is 5.32 Å². The molecule has 2 aliphatic rings. The van der Waals surface area contributed by atoms with Gasteiger partial charge >= 0.3 is 0 Å². The van der Waals surface area contributed by atoms with Crippen LogP contribution in [0.25, 0.3) is 0 Å². The van der Waals surface area contributed by atoms with E-state index in [4.69, 9.17) is 0 Å². The average Bonchev–Trinajstić information content (AvgIpc) is 2.79. The molecule has 2 atom stereocenters. The van der Waals surface area contributed by atoms with E-state index < -0.39 is 9.84 Å². The fourth-order valence-corrected chi connectivity index (χ4v) is 4.44. The van der Waals surface area contributed by atoms with Crippen LogP contribution < -0.4 is 5.32 Å². The second-order valence-electron chi connectivity index (χ2n) is 5.37. The van der Waals surface area contributed by atoms with E-state index in [1.54, 1.807) is 0 Å². The van der Waals surface area contributed by atoms with Crippen LogP contribution in [0.15, 0.2) is 0 Å². The normalized spacial score (nSPS) is 29.2. The van der Waals surface area contributed by atoms with E-state index >= 15 is 0 Å². The van der Waals surface area contributed by atoms with Crippen molar-refractivity contribution in [3.8, 4) is 0 Å². The Kier molecular flexibility index (Phi) is 4.27. The summed E-state index contributed by atoms with van der Waals surface area (Å²) in [5, 5.41) is 3.18. The Bertz CT molecular complexity index is 402. The summed E-state index contributed by atoms with van der Waals surface area (Å²) in [6.07, 6.45) is 3.70. The molecule has 1 N–H and O–H groups in total. The van der Waals surface area contributed by atoms with E-state index in [1.807, 2.05) is 11.8 Å². The number of hydrogen-bond donors (Lipinski definition) is 1. The molecule has 0 spiro atoms. The third-order valence-electron chi connectivity index (χ3n) is 3.74. The Morgan fingerprint density at radius 3 is 2.56 bits per heavy atom. The number of carbonyl (C=O) groups excluding carboxylic acids is 1. The van der Waals surface area contributed by atoms with E-state index in [9.17, 15) is 13.2 Å². The summed E-state index contributed by atoms with van der Waals surface area (Å²) < 4.78 is 23.1. The van der Waals surface area contributed by atoms with Crippen LogP contribution in [0, 0.1) is 0 Å². The van der Waals surface area contributed by atoms with Gasteiger partial charge in [0.1, 0.15) is 0 Å². The zero-order valence-corrected chi connectivity index (χ0v) is 11.7. The van der Waals surface area contributed by atoms with Crippen molar-refractivity contribution in [2.24, 2.45) is 0 Å². The van der Waals surface area contributed by atoms with Gasteiger partial charge in [-0.25, -0.2) is 8.42 Å². The predicted molar refractivity (Wildman–Crippen MR) is 70.1 cm³/mol. The van der Waals surface area contributed by atoms with Gasteiger partial charge in [0.2, 0.25) is 5.91 Å². The van der Waals surface area contributed by atoms with Crippen LogP contribution in [0.1, 0.15) is 32.6 Å². The smallest absolute Gasteiger partial charge is 0.239 e. The van der Waals surface area contributed by atoms with Crippen LogP contribution in [0.3, 0.4) is 0 Å². The van der Waals surface area contributed by atoms with Gasteiger partial charge in [0.25, 0.3) is 0 Å². The number of amides is 1. The highest BCUT2D eigenvalue weighted by Gasteiger charge is 2.29. The Morgan fingerprint density at radius 2 is 1.94 bits per heavy atom. The average molecular weight is 274 g/mol. The quantitative estimate of drug-likeness (QED) is 0.796. The summed E-state index contributed by atoms with van der Waals surface area (Å²) in [5.74, 6) is 0.569. The Labute approximate surface area is 109 Å². The van der Waals surface area contributed by atoms with E-state index in [1.165, 1.54) is 0 Å². The van der Waals surface area contributed by atoms with E-state index in [0.717, 1.165) is 32.4 Å². The van der Waals surface area contributed by atoms with Gasteiger partial charge < -0.3 is 10.2 Å². The maximum atomic E-state index is 12.1. The number of hydrogen-bond acceptors (Lipinski definition) is 4. The van der Waals surface area contributed by atoms with Gasteiger partial charge in [-0.1, -0.05) is 0 Å². The molecular formula is C12H22N2O3S. The SMILES string of the molecule is CC(NC1CCCS(=O)(=O)C1)C(=O)N1CCCC1. The highest BCUT2D eigenvalue weighted by atomic mass is 32.2. The first-order chi connectivity index (χ1) is 8.48. The second kappa shape index (κ2) is 5.57. The Morgan fingerprint density at radius 1 is 1.28 bits per heavy atom. The summed E-state index contributed by atoms with van der Waals surface area (Å²) >= 11 is 0. The van der Waals surface area contributed by atoms with Gasteiger partial charge in [-0.2, -0.15) is 0 Å². The van der Waals surface area contributed by atoms with Gasteiger partial charge in [0, 0.05) is 19.1 Å². The summed E-state index contributed by atoms with van der Waals surface area (Å²) in [6.45, 7) is 3.52. The molecule has 0 bridgehead atoms. The molecule has 0 aromatic carbocycles. The van der Waals surface area contributed by atoms with Crippen molar-refractivity contribution in [2.45, 2.75) is 44.7 Å². The number of carbonyl (C=O) groups is 1. The summed E-state index contributed by atoms with van der Waals surface area (Å²) in [4.78, 5) is 14.0. The molecule has 2 unspecified atom stereocenters. The lowest BCUT2D eigenvalue weighted by Crippen LogP contribution is -2.50. The van der Waals surface area contributed by atoms with Crippen molar-refractivity contribution in [1.82, 2.24) is 10.2 Å². The van der Waals surface area contributed by atoms with Crippen molar-refractivity contribution < 1.29 is 13.2 Å². The lowest BCUT2D eigenvalue weighted by molar-refractivity contribution is -0.132. The maximum Gasteiger partial charge on any atom is 0.239 e. The molecule has 0 saturated carbocycles. The van der Waals surface area contributed by atoms with Gasteiger partial charge in [-0.3, -0.25) is 4.79 Å². The lowest BCUT2D eigenvalue weighted by Gasteiger charge is -2.28. The van der Waals surface area contributed by atoms with Crippen molar-refractivity contribution in [1.29, 1.82) is 0 Å². The van der Waals surface area contributed by atoms with Crippen LogP contribution in [0.5, 0.6) is 0 Å². The molecule has 0 aromatic rings. The first-order valence-electron chi connectivity index (χ1n) is 6.73. The first-order valence-corrected chi connectivity index (χ1v) is 8.55. The van der Waals surface area contributed by atoms with Gasteiger partial charge in [0.05, 0.1) is 17.5 Å². The minimum absolute atomic E-state index is 0.0645. The van der Waals surface area contributed by atoms with E-state index in [0.29, 0.717) is 12.2 Å². The van der Waals surface area contributed by atoms with Gasteiger partial charge in [-0.15, -0.1) is 0 Å². The lowest BCUT2D eigenvalue weighted by atomic mass is 10.1. The van der Waals surface area contributed by atoms with Crippen LogP contribution in [0.2, 0.25) is 0 Å². The van der Waals surface area contributed by atoms with Crippen LogP contribution in [-0.4, -0.2) is 55.9 Å². The first kappa shape index (κ1) is 13.8. The van der Waals surface area contributed by atoms with Crippen molar-refractivity contribution >= 4 is 15.7 Å². The molecule has 0 aromatic heterocycles. The van der Waals surface area contributed by atoms with Gasteiger partial charge in [-0.05, 0) is 32.6 Å². The fraction of sp³-hybridized carbons (Fsp3) is 0.917. The predicted octanol–water partition coefficient (Wildman–Crippen LogP) is 0.164. The third kappa shape index (κ3) is 3.45.